The average Bonchev–Trinajstić information content (AvgIpc) is 0.746. The second-order valence-corrected chi connectivity index (χ2v) is 38.8. The number of carbonyl (C=O) groups excluding carboxylic acids is 5. The quantitative estimate of drug-likeness (QED) is 0.0199. The molecule has 40 unspecified atom stereocenters. The standard InChI is InChI=1S/C94H162N4O47/c1-7-9-11-13-15-17-19-21-23-25-27-29-31-33-53(110)52(98-64(115)34-32-30-28-26-24-22-20-18-16-14-12-10-8-2)46-132-86-76(124)74(122)79(62(44-104)135-86)138-88-77(125)84(80(63(45-105)136-88)139-85-51(35-47(3)106)78(70(118)59(41-101)133-85)137-87-75(123)73(121)69(117)58(40-100)134-87)145-94(91(130)131)38-56(113)67(97-50(6)109)83(144-94)72(120)61(43-103)141-93(90(128)129)37-55(112)66(96-49(5)108)82(143-93)71(119)60(42-102)140-92(89(126)127)36-54(111)65(95-48(4)107)81(142-92)68(116)57(114)39-99/h31,33,51-63,65-88,99-105,110-114,116-125H,7-30,32,34-46H2,1-6H3,(H,95,107)(H,96,108)(H,97,109)(H,98,115)(H,126,127)(H,128,129)(H,130,131). The zero-order valence-electron chi connectivity index (χ0n) is 83.0. The van der Waals surface area contributed by atoms with Crippen LogP contribution in [0, 0.1) is 5.92 Å². The molecule has 29 N–H and O–H groups in total. The predicted molar refractivity (Wildman–Crippen MR) is 493 cm³/mol. The number of carboxylic acid groups (broad SMARTS) is 3. The maximum atomic E-state index is 14.7. The molecule has 0 aromatic heterocycles. The minimum atomic E-state index is -3.81. The Kier molecular flexibility index (Phi) is 53.8. The van der Waals surface area contributed by atoms with Crippen molar-refractivity contribution >= 4 is 47.3 Å². The van der Waals surface area contributed by atoms with Gasteiger partial charge in [0.15, 0.2) is 25.2 Å². The highest BCUT2D eigenvalue weighted by atomic mass is 16.8. The van der Waals surface area contributed by atoms with E-state index in [0.717, 1.165) is 111 Å². The maximum absolute atomic E-state index is 14.7. The third kappa shape index (κ3) is 35.1. The van der Waals surface area contributed by atoms with Crippen molar-refractivity contribution in [3.05, 3.63) is 12.2 Å². The molecule has 40 atom stereocenters. The van der Waals surface area contributed by atoms with E-state index in [1.54, 1.807) is 6.08 Å². The molecule has 0 aromatic rings. The molecular weight excluding hydrogens is 1940 g/mol. The van der Waals surface area contributed by atoms with Crippen LogP contribution in [-0.4, -0.2) is 465 Å². The van der Waals surface area contributed by atoms with Gasteiger partial charge in [0.05, 0.1) is 108 Å². The molecule has 7 heterocycles. The van der Waals surface area contributed by atoms with Gasteiger partial charge in [-0.05, 0) is 26.2 Å². The Hall–Kier alpha value is -5.74. The fourth-order valence-electron chi connectivity index (χ4n) is 19.4. The van der Waals surface area contributed by atoms with Crippen molar-refractivity contribution in [2.45, 2.75) is 472 Å². The van der Waals surface area contributed by atoms with E-state index in [4.69, 9.17) is 66.3 Å². The van der Waals surface area contributed by atoms with Crippen LogP contribution in [0.5, 0.6) is 0 Å². The lowest BCUT2D eigenvalue weighted by Gasteiger charge is -2.53. The van der Waals surface area contributed by atoms with Gasteiger partial charge in [-0.15, -0.1) is 0 Å². The van der Waals surface area contributed by atoms with Crippen LogP contribution in [0.25, 0.3) is 0 Å². The number of ketones is 1. The Morgan fingerprint density at radius 2 is 0.766 bits per heavy atom. The number of aliphatic hydroxyl groups excluding tert-OH is 22. The number of aliphatic hydroxyl groups is 22. The second kappa shape index (κ2) is 61.8. The van der Waals surface area contributed by atoms with Gasteiger partial charge in [-0.1, -0.05) is 167 Å². The molecule has 7 rings (SSSR count). The maximum Gasteiger partial charge on any atom is 0.364 e. The molecule has 0 spiro atoms. The summed E-state index contributed by atoms with van der Waals surface area (Å²) in [5.41, 5.74) is 0. The number of nitrogens with one attached hydrogen (secondary N) is 4. The van der Waals surface area contributed by atoms with Gasteiger partial charge in [-0.2, -0.15) is 0 Å². The Balaban J connectivity index is 1.25. The van der Waals surface area contributed by atoms with Crippen LogP contribution in [0.4, 0.5) is 0 Å². The first-order valence-electron chi connectivity index (χ1n) is 50.6. The number of allylic oxidation sites excluding steroid dienone is 1. The molecule has 0 radical (unpaired) electrons. The van der Waals surface area contributed by atoms with Gasteiger partial charge in [-0.25, -0.2) is 14.4 Å². The van der Waals surface area contributed by atoms with Gasteiger partial charge in [0.2, 0.25) is 23.6 Å². The van der Waals surface area contributed by atoms with E-state index in [0.29, 0.717) is 12.8 Å². The van der Waals surface area contributed by atoms with Gasteiger partial charge >= 0.3 is 17.9 Å². The summed E-state index contributed by atoms with van der Waals surface area (Å²) in [7, 11) is 0. The van der Waals surface area contributed by atoms with E-state index < -0.39 is 369 Å². The summed E-state index contributed by atoms with van der Waals surface area (Å²) in [5.74, 6) is -24.3. The molecule has 0 saturated carbocycles. The van der Waals surface area contributed by atoms with Crippen molar-refractivity contribution in [1.29, 1.82) is 0 Å². The summed E-state index contributed by atoms with van der Waals surface area (Å²) < 4.78 is 84.3. The molecule has 0 aliphatic carbocycles. The topological polar surface area (TPSA) is 820 Å². The highest BCUT2D eigenvalue weighted by molar-refractivity contribution is 5.79. The number of carbonyl (C=O) groups is 8. The molecule has 7 aliphatic rings. The van der Waals surface area contributed by atoms with Crippen molar-refractivity contribution < 1.29 is 232 Å². The van der Waals surface area contributed by atoms with Gasteiger partial charge in [0, 0.05) is 58.8 Å². The Morgan fingerprint density at radius 3 is 1.19 bits per heavy atom. The number of aliphatic carboxylic acids is 3. The number of carboxylic acids is 3. The SMILES string of the molecule is CCCCCCCCCCCCCC=CC(O)C(COC1OC(CO)C(OC2OC(CO)C(OC3OC(CO)C(O)C(OC4OC(CO)C(O)C(O)C4O)C3CC(C)=O)C(OC3(C(=O)O)CC(O)C(NC(C)=O)C(C(O)C(CO)OC4(C(=O)O)CC(O)C(NC(C)=O)C(C(O)C(CO)OC5(C(=O)O)CC(O)C(NC(C)=O)C(C(O)C(O)CO)O5)O4)O3)C2O)C(O)C1O)NC(=O)CCCCCCCCCCCCCCC. The zero-order valence-corrected chi connectivity index (χ0v) is 83.0. The van der Waals surface area contributed by atoms with Crippen molar-refractivity contribution in [2.75, 3.05) is 52.9 Å². The summed E-state index contributed by atoms with van der Waals surface area (Å²) in [4.78, 5) is 108. The smallest absolute Gasteiger partial charge is 0.364 e. The second-order valence-electron chi connectivity index (χ2n) is 38.8. The normalized spacial score (nSPS) is 35.8. The van der Waals surface area contributed by atoms with Crippen LogP contribution < -0.4 is 21.3 Å². The van der Waals surface area contributed by atoms with E-state index in [2.05, 4.69) is 35.1 Å². The van der Waals surface area contributed by atoms with E-state index >= 15 is 0 Å². The number of hydrogen-bond donors (Lipinski definition) is 29. The van der Waals surface area contributed by atoms with E-state index in [-0.39, 0.29) is 6.42 Å². The number of Topliss-reactive ketones (excluding diaryl/α,β-unsaturated/α-hetero) is 1. The van der Waals surface area contributed by atoms with Gasteiger partial charge in [-0.3, -0.25) is 19.2 Å². The number of amides is 4. The molecule has 840 valence electrons. The molecule has 7 saturated heterocycles. The van der Waals surface area contributed by atoms with Gasteiger partial charge in [0.1, 0.15) is 146 Å². The molecule has 7 aliphatic heterocycles. The summed E-state index contributed by atoms with van der Waals surface area (Å²) >= 11 is 0. The van der Waals surface area contributed by atoms with Crippen LogP contribution in [-0.2, 0) is 105 Å². The Bertz CT molecular complexity index is 3870. The first-order chi connectivity index (χ1) is 68.9. The van der Waals surface area contributed by atoms with Crippen LogP contribution in [0.3, 0.4) is 0 Å². The fourth-order valence-corrected chi connectivity index (χ4v) is 19.4. The van der Waals surface area contributed by atoms with Crippen molar-refractivity contribution in [1.82, 2.24) is 21.3 Å². The summed E-state index contributed by atoms with van der Waals surface area (Å²) in [5, 5.41) is 296. The fraction of sp³-hybridized carbons (Fsp3) is 0.894. The molecule has 145 heavy (non-hydrogen) atoms. The largest absolute Gasteiger partial charge is 0.477 e. The number of ether oxygens (including phenoxy) is 14. The Morgan fingerprint density at radius 1 is 0.393 bits per heavy atom. The van der Waals surface area contributed by atoms with Crippen LogP contribution in [0.2, 0.25) is 0 Å². The van der Waals surface area contributed by atoms with Gasteiger partial charge in [0.25, 0.3) is 17.4 Å². The summed E-state index contributed by atoms with van der Waals surface area (Å²) in [6, 6.07) is -7.45. The molecule has 0 bridgehead atoms. The lowest BCUT2D eigenvalue weighted by molar-refractivity contribution is -0.407. The van der Waals surface area contributed by atoms with Crippen LogP contribution in [0.15, 0.2) is 12.2 Å². The minimum absolute atomic E-state index is 0.0554. The number of rotatable bonds is 65. The van der Waals surface area contributed by atoms with Crippen molar-refractivity contribution in [3.8, 4) is 0 Å². The third-order valence-electron chi connectivity index (χ3n) is 27.4. The van der Waals surface area contributed by atoms with E-state index in [1.165, 1.54) is 70.3 Å². The summed E-state index contributed by atoms with van der Waals surface area (Å²) in [6.07, 6.45) is -49.8. The lowest BCUT2D eigenvalue weighted by Crippen LogP contribution is -2.72. The van der Waals surface area contributed by atoms with Gasteiger partial charge < -0.3 is 220 Å². The van der Waals surface area contributed by atoms with Crippen molar-refractivity contribution in [3.63, 3.8) is 0 Å². The highest BCUT2D eigenvalue weighted by Crippen LogP contribution is 2.46. The predicted octanol–water partition coefficient (Wildman–Crippen LogP) is -6.38. The minimum Gasteiger partial charge on any atom is -0.477 e. The first-order valence-corrected chi connectivity index (χ1v) is 50.6. The third-order valence-corrected chi connectivity index (χ3v) is 27.4. The number of hydrogen-bond acceptors (Lipinski definition) is 44. The molecule has 51 heteroatoms. The first kappa shape index (κ1) is 126. The lowest BCUT2D eigenvalue weighted by atomic mass is 9.86. The average molecular weight is 2100 g/mol. The summed E-state index contributed by atoms with van der Waals surface area (Å²) in [6.45, 7) is -2.19. The van der Waals surface area contributed by atoms with Crippen LogP contribution >= 0.6 is 0 Å². The monoisotopic (exact) mass is 2100 g/mol. The van der Waals surface area contributed by atoms with E-state index in [9.17, 15) is 166 Å². The molecule has 4 amide bonds. The molecule has 7 fully saturated rings. The molecular formula is C94H162N4O47. The molecule has 0 aromatic carbocycles. The zero-order chi connectivity index (χ0) is 107. The Labute approximate surface area is 840 Å². The number of unbranched alkanes of at least 4 members (excludes halogenated alkanes) is 23. The van der Waals surface area contributed by atoms with Crippen molar-refractivity contribution in [2.24, 2.45) is 5.92 Å². The van der Waals surface area contributed by atoms with E-state index in [1.807, 2.05) is 0 Å². The van der Waals surface area contributed by atoms with Crippen LogP contribution in [0.1, 0.15) is 234 Å². The molecule has 51 nitrogen and oxygen atoms in total. The highest BCUT2D eigenvalue weighted by Gasteiger charge is 2.66.